The molecule has 0 aromatic carbocycles. The van der Waals surface area contributed by atoms with E-state index in [0.717, 1.165) is 38.4 Å². The lowest BCUT2D eigenvalue weighted by molar-refractivity contribution is -0.126. The topological polar surface area (TPSA) is 44.4 Å². The highest BCUT2D eigenvalue weighted by atomic mass is 16.1. The summed E-state index contributed by atoms with van der Waals surface area (Å²) in [7, 11) is 0. The Balaban J connectivity index is 1.61. The van der Waals surface area contributed by atoms with Crippen LogP contribution in [0.25, 0.3) is 0 Å². The zero-order valence-electron chi connectivity index (χ0n) is 12.5. The highest BCUT2D eigenvalue weighted by molar-refractivity contribution is 5.78. The van der Waals surface area contributed by atoms with Crippen molar-refractivity contribution in [1.82, 2.24) is 15.5 Å². The minimum Gasteiger partial charge on any atom is -0.355 e. The molecule has 2 atom stereocenters. The average molecular weight is 267 g/mol. The first-order valence-electron chi connectivity index (χ1n) is 7.88. The van der Waals surface area contributed by atoms with E-state index in [1.165, 1.54) is 25.9 Å². The van der Waals surface area contributed by atoms with Crippen LogP contribution in [0.5, 0.6) is 0 Å². The molecule has 4 heteroatoms. The Labute approximate surface area is 117 Å². The largest absolute Gasteiger partial charge is 0.355 e. The second kappa shape index (κ2) is 7.25. The third-order valence-corrected chi connectivity index (χ3v) is 4.60. The molecule has 0 spiro atoms. The van der Waals surface area contributed by atoms with Crippen LogP contribution in [0.15, 0.2) is 0 Å². The lowest BCUT2D eigenvalue weighted by atomic mass is 9.92. The number of nitrogens with one attached hydrogen (secondary N) is 2. The number of piperidine rings is 2. The highest BCUT2D eigenvalue weighted by Crippen LogP contribution is 2.16. The predicted molar refractivity (Wildman–Crippen MR) is 78.0 cm³/mol. The molecule has 0 aliphatic carbocycles. The van der Waals surface area contributed by atoms with Gasteiger partial charge in [-0.25, -0.2) is 0 Å². The molecule has 2 N–H and O–H groups in total. The summed E-state index contributed by atoms with van der Waals surface area (Å²) in [5, 5.41) is 6.51. The fraction of sp³-hybridized carbons (Fsp3) is 0.933. The highest BCUT2D eigenvalue weighted by Gasteiger charge is 2.24. The number of amides is 1. The van der Waals surface area contributed by atoms with Gasteiger partial charge >= 0.3 is 0 Å². The van der Waals surface area contributed by atoms with Crippen molar-refractivity contribution in [2.24, 2.45) is 11.8 Å². The molecular formula is C15H29N3O. The molecule has 2 fully saturated rings. The van der Waals surface area contributed by atoms with E-state index < -0.39 is 0 Å². The normalized spacial score (nSPS) is 30.2. The summed E-state index contributed by atoms with van der Waals surface area (Å²) in [5.74, 6) is 1.36. The maximum absolute atomic E-state index is 12.1. The Morgan fingerprint density at radius 1 is 1.26 bits per heavy atom. The van der Waals surface area contributed by atoms with E-state index in [1.54, 1.807) is 0 Å². The molecule has 0 aromatic heterocycles. The molecule has 0 unspecified atom stereocenters. The predicted octanol–water partition coefficient (Wildman–Crippen LogP) is 1.22. The van der Waals surface area contributed by atoms with Crippen molar-refractivity contribution in [1.29, 1.82) is 0 Å². The molecule has 0 bridgehead atoms. The molecule has 110 valence electrons. The van der Waals surface area contributed by atoms with E-state index in [1.807, 2.05) is 0 Å². The fourth-order valence-corrected chi connectivity index (χ4v) is 3.14. The number of likely N-dealkylation sites (tertiary alicyclic amines) is 1. The third-order valence-electron chi connectivity index (χ3n) is 4.60. The lowest BCUT2D eigenvalue weighted by Crippen LogP contribution is -2.44. The van der Waals surface area contributed by atoms with Crippen LogP contribution in [0.4, 0.5) is 0 Å². The second-order valence-corrected chi connectivity index (χ2v) is 6.39. The molecule has 2 heterocycles. The summed E-state index contributed by atoms with van der Waals surface area (Å²) in [6, 6.07) is 0.480. The van der Waals surface area contributed by atoms with Gasteiger partial charge in [0.05, 0.1) is 0 Å². The van der Waals surface area contributed by atoms with Crippen molar-refractivity contribution in [2.75, 3.05) is 32.7 Å². The molecule has 0 radical (unpaired) electrons. The van der Waals surface area contributed by atoms with E-state index in [4.69, 9.17) is 0 Å². The van der Waals surface area contributed by atoms with Crippen molar-refractivity contribution in [3.8, 4) is 0 Å². The number of rotatable bonds is 4. The van der Waals surface area contributed by atoms with Crippen LogP contribution < -0.4 is 10.6 Å². The SMILES string of the molecule is CC1CCN(CCNC(=O)[C@H]2CCN[C@@H](C)C2)CC1. The summed E-state index contributed by atoms with van der Waals surface area (Å²) in [6.07, 6.45) is 4.57. The summed E-state index contributed by atoms with van der Waals surface area (Å²) < 4.78 is 0. The van der Waals surface area contributed by atoms with E-state index >= 15 is 0 Å². The van der Waals surface area contributed by atoms with Crippen molar-refractivity contribution < 1.29 is 4.79 Å². The van der Waals surface area contributed by atoms with Crippen LogP contribution in [0, 0.1) is 11.8 Å². The van der Waals surface area contributed by atoms with Gasteiger partial charge in [-0.1, -0.05) is 6.92 Å². The Kier molecular flexibility index (Phi) is 5.64. The number of nitrogens with zero attached hydrogens (tertiary/aromatic N) is 1. The van der Waals surface area contributed by atoms with Crippen LogP contribution in [-0.2, 0) is 4.79 Å². The summed E-state index contributed by atoms with van der Waals surface area (Å²) in [5.41, 5.74) is 0. The maximum atomic E-state index is 12.1. The van der Waals surface area contributed by atoms with Crippen molar-refractivity contribution >= 4 is 5.91 Å². The lowest BCUT2D eigenvalue weighted by Gasteiger charge is -2.31. The monoisotopic (exact) mass is 267 g/mol. The van der Waals surface area contributed by atoms with Crippen LogP contribution in [-0.4, -0.2) is 49.6 Å². The van der Waals surface area contributed by atoms with Crippen molar-refractivity contribution in [3.05, 3.63) is 0 Å². The Morgan fingerprint density at radius 2 is 2.00 bits per heavy atom. The minimum absolute atomic E-state index is 0.220. The van der Waals surface area contributed by atoms with E-state index in [-0.39, 0.29) is 11.8 Å². The van der Waals surface area contributed by atoms with Gasteiger partial charge in [0.25, 0.3) is 0 Å². The quantitative estimate of drug-likeness (QED) is 0.805. The number of hydrogen-bond donors (Lipinski definition) is 2. The standard InChI is InChI=1S/C15H29N3O/c1-12-4-8-18(9-5-12)10-7-17-15(19)14-3-6-16-13(2)11-14/h12-14,16H,3-11H2,1-2H3,(H,17,19)/t13-,14-/m0/s1. The van der Waals surface area contributed by atoms with Gasteiger partial charge in [-0.15, -0.1) is 0 Å². The maximum Gasteiger partial charge on any atom is 0.223 e. The molecular weight excluding hydrogens is 238 g/mol. The first-order chi connectivity index (χ1) is 9.15. The Hall–Kier alpha value is -0.610. The van der Waals surface area contributed by atoms with Crippen LogP contribution >= 0.6 is 0 Å². The molecule has 2 aliphatic heterocycles. The van der Waals surface area contributed by atoms with Gasteiger partial charge in [0.1, 0.15) is 0 Å². The smallest absolute Gasteiger partial charge is 0.223 e. The van der Waals surface area contributed by atoms with Gasteiger partial charge in [-0.05, 0) is 58.2 Å². The van der Waals surface area contributed by atoms with E-state index in [9.17, 15) is 4.79 Å². The van der Waals surface area contributed by atoms with Gasteiger partial charge in [-0.2, -0.15) is 0 Å². The first-order valence-corrected chi connectivity index (χ1v) is 7.88. The van der Waals surface area contributed by atoms with Crippen LogP contribution in [0.2, 0.25) is 0 Å². The van der Waals surface area contributed by atoms with Crippen molar-refractivity contribution in [3.63, 3.8) is 0 Å². The van der Waals surface area contributed by atoms with E-state index in [2.05, 4.69) is 29.4 Å². The molecule has 2 saturated heterocycles. The number of carbonyl (C=O) groups is 1. The third kappa shape index (κ3) is 4.77. The zero-order chi connectivity index (χ0) is 13.7. The average Bonchev–Trinajstić information content (AvgIpc) is 2.41. The second-order valence-electron chi connectivity index (χ2n) is 6.39. The minimum atomic E-state index is 0.220. The zero-order valence-corrected chi connectivity index (χ0v) is 12.5. The van der Waals surface area contributed by atoms with Gasteiger partial charge in [0.2, 0.25) is 5.91 Å². The Bertz CT molecular complexity index is 287. The van der Waals surface area contributed by atoms with Gasteiger partial charge in [0, 0.05) is 25.0 Å². The van der Waals surface area contributed by atoms with Crippen molar-refractivity contribution in [2.45, 2.75) is 45.6 Å². The van der Waals surface area contributed by atoms with Crippen LogP contribution in [0.1, 0.15) is 39.5 Å². The molecule has 0 aromatic rings. The van der Waals surface area contributed by atoms with Gasteiger partial charge in [0.15, 0.2) is 0 Å². The first kappa shape index (κ1) is 14.8. The molecule has 0 saturated carbocycles. The molecule has 19 heavy (non-hydrogen) atoms. The molecule has 1 amide bonds. The molecule has 2 aliphatic rings. The fourth-order valence-electron chi connectivity index (χ4n) is 3.14. The van der Waals surface area contributed by atoms with E-state index in [0.29, 0.717) is 6.04 Å². The summed E-state index contributed by atoms with van der Waals surface area (Å²) in [4.78, 5) is 14.6. The molecule has 2 rings (SSSR count). The number of carbonyl (C=O) groups excluding carboxylic acids is 1. The van der Waals surface area contributed by atoms with Crippen LogP contribution in [0.3, 0.4) is 0 Å². The number of hydrogen-bond acceptors (Lipinski definition) is 3. The molecule has 4 nitrogen and oxygen atoms in total. The summed E-state index contributed by atoms with van der Waals surface area (Å²) >= 11 is 0. The van der Waals surface area contributed by atoms with Gasteiger partial charge < -0.3 is 15.5 Å². The van der Waals surface area contributed by atoms with Gasteiger partial charge in [-0.3, -0.25) is 4.79 Å². The Morgan fingerprint density at radius 3 is 2.68 bits per heavy atom. The summed E-state index contributed by atoms with van der Waals surface area (Å²) in [6.45, 7) is 9.68.